The molecule has 1 amide bonds. The maximum absolute atomic E-state index is 11.6. The zero-order chi connectivity index (χ0) is 14.6. The minimum atomic E-state index is -0.497. The first-order valence-electron chi connectivity index (χ1n) is 6.40. The summed E-state index contributed by atoms with van der Waals surface area (Å²) in [5, 5.41) is 7.11. The first-order valence-corrected chi connectivity index (χ1v) is 6.40. The molecule has 1 rings (SSSR count). The van der Waals surface area contributed by atoms with Crippen molar-refractivity contribution in [1.29, 1.82) is 0 Å². The van der Waals surface area contributed by atoms with E-state index >= 15 is 0 Å². The van der Waals surface area contributed by atoms with Crippen LogP contribution in [0.25, 0.3) is 0 Å². The summed E-state index contributed by atoms with van der Waals surface area (Å²) >= 11 is 0. The molecule has 0 saturated carbocycles. The normalized spacial score (nSPS) is 13.2. The number of carbonyl (C=O) groups is 1. The number of carbonyl (C=O) groups excluding carboxylic acids is 1. The van der Waals surface area contributed by atoms with Gasteiger partial charge in [-0.25, -0.2) is 4.79 Å². The van der Waals surface area contributed by atoms with E-state index in [-0.39, 0.29) is 5.92 Å². The first kappa shape index (κ1) is 15.5. The second kappa shape index (κ2) is 6.06. The lowest BCUT2D eigenvalue weighted by molar-refractivity contribution is 0.0524. The van der Waals surface area contributed by atoms with Crippen molar-refractivity contribution in [3.63, 3.8) is 0 Å². The molecule has 1 aromatic rings. The Hall–Kier alpha value is -1.56. The summed E-state index contributed by atoms with van der Waals surface area (Å²) in [6.45, 7) is 8.32. The molecule has 6 nitrogen and oxygen atoms in total. The Balaban J connectivity index is 2.59. The highest BCUT2D eigenvalue weighted by atomic mass is 16.6. The summed E-state index contributed by atoms with van der Waals surface area (Å²) in [5.41, 5.74) is 7.25. The third kappa shape index (κ3) is 4.90. The average Bonchev–Trinajstić information content (AvgIpc) is 2.56. The van der Waals surface area contributed by atoms with Gasteiger partial charge in [0, 0.05) is 32.3 Å². The van der Waals surface area contributed by atoms with E-state index in [0.29, 0.717) is 13.1 Å². The van der Waals surface area contributed by atoms with E-state index in [0.717, 1.165) is 11.3 Å². The van der Waals surface area contributed by atoms with Gasteiger partial charge in [-0.1, -0.05) is 0 Å². The molecule has 0 fully saturated rings. The van der Waals surface area contributed by atoms with E-state index < -0.39 is 11.7 Å². The molecule has 0 aliphatic heterocycles. The molecule has 1 unspecified atom stereocenters. The fourth-order valence-corrected chi connectivity index (χ4v) is 1.84. The van der Waals surface area contributed by atoms with Gasteiger partial charge < -0.3 is 15.8 Å². The van der Waals surface area contributed by atoms with Crippen LogP contribution in [0.5, 0.6) is 0 Å². The van der Waals surface area contributed by atoms with E-state index in [2.05, 4.69) is 10.4 Å². The molecule has 0 aliphatic rings. The van der Waals surface area contributed by atoms with Crippen LogP contribution in [0, 0.1) is 6.92 Å². The van der Waals surface area contributed by atoms with Crippen LogP contribution in [0.4, 0.5) is 4.79 Å². The maximum atomic E-state index is 11.6. The van der Waals surface area contributed by atoms with Crippen LogP contribution >= 0.6 is 0 Å². The zero-order valence-corrected chi connectivity index (χ0v) is 12.4. The Kier molecular flexibility index (Phi) is 4.94. The molecule has 1 atom stereocenters. The minimum absolute atomic E-state index is 0.00582. The lowest BCUT2D eigenvalue weighted by atomic mass is 10.0. The van der Waals surface area contributed by atoms with Crippen LogP contribution in [0.2, 0.25) is 0 Å². The average molecular weight is 268 g/mol. The third-order valence-electron chi connectivity index (χ3n) is 2.61. The second-order valence-electron chi connectivity index (χ2n) is 5.69. The summed E-state index contributed by atoms with van der Waals surface area (Å²) in [4.78, 5) is 11.6. The fraction of sp³-hybridized carbons (Fsp3) is 0.692. The predicted octanol–water partition coefficient (Wildman–Crippen LogP) is 1.30. The molecule has 3 N–H and O–H groups in total. The van der Waals surface area contributed by atoms with Crippen molar-refractivity contribution in [2.24, 2.45) is 12.8 Å². The Bertz CT molecular complexity index is 434. The molecule has 1 aromatic heterocycles. The second-order valence-corrected chi connectivity index (χ2v) is 5.69. The van der Waals surface area contributed by atoms with Gasteiger partial charge in [0.15, 0.2) is 0 Å². The summed E-state index contributed by atoms with van der Waals surface area (Å²) in [6, 6.07) is 0. The number of nitrogens with zero attached hydrogens (tertiary/aromatic N) is 2. The van der Waals surface area contributed by atoms with Gasteiger partial charge in [-0.05, 0) is 33.3 Å². The SMILES string of the molecule is Cc1cn(C)nc1C(CN)CNC(=O)OC(C)(C)C. The maximum Gasteiger partial charge on any atom is 0.407 e. The van der Waals surface area contributed by atoms with Crippen LogP contribution in [-0.4, -0.2) is 34.6 Å². The van der Waals surface area contributed by atoms with Gasteiger partial charge in [0.2, 0.25) is 0 Å². The molecule has 0 radical (unpaired) electrons. The van der Waals surface area contributed by atoms with Crippen LogP contribution < -0.4 is 11.1 Å². The Labute approximate surface area is 114 Å². The highest BCUT2D eigenvalue weighted by Crippen LogP contribution is 2.16. The van der Waals surface area contributed by atoms with Crippen molar-refractivity contribution in [2.45, 2.75) is 39.2 Å². The van der Waals surface area contributed by atoms with Crippen molar-refractivity contribution >= 4 is 6.09 Å². The van der Waals surface area contributed by atoms with Crippen LogP contribution in [-0.2, 0) is 11.8 Å². The van der Waals surface area contributed by atoms with Crippen LogP contribution in [0.15, 0.2) is 6.20 Å². The van der Waals surface area contributed by atoms with Crippen molar-refractivity contribution in [3.05, 3.63) is 17.5 Å². The number of ether oxygens (including phenoxy) is 1. The number of nitrogens with one attached hydrogen (secondary N) is 1. The van der Waals surface area contributed by atoms with Gasteiger partial charge in [0.05, 0.1) is 5.69 Å². The first-order chi connectivity index (χ1) is 8.73. The van der Waals surface area contributed by atoms with Crippen molar-refractivity contribution < 1.29 is 9.53 Å². The number of rotatable bonds is 4. The van der Waals surface area contributed by atoms with Gasteiger partial charge in [0.1, 0.15) is 5.60 Å². The summed E-state index contributed by atoms with van der Waals surface area (Å²) in [7, 11) is 1.87. The van der Waals surface area contributed by atoms with E-state index in [1.165, 1.54) is 0 Å². The van der Waals surface area contributed by atoms with Crippen LogP contribution in [0.1, 0.15) is 37.9 Å². The Morgan fingerprint density at radius 2 is 2.21 bits per heavy atom. The molecule has 108 valence electrons. The molecule has 6 heteroatoms. The highest BCUT2D eigenvalue weighted by Gasteiger charge is 2.20. The summed E-state index contributed by atoms with van der Waals surface area (Å²) < 4.78 is 6.94. The minimum Gasteiger partial charge on any atom is -0.444 e. The van der Waals surface area contributed by atoms with Crippen molar-refractivity contribution in [3.8, 4) is 0 Å². The fourth-order valence-electron chi connectivity index (χ4n) is 1.84. The van der Waals surface area contributed by atoms with E-state index in [4.69, 9.17) is 10.5 Å². The molecular formula is C13H24N4O2. The van der Waals surface area contributed by atoms with Gasteiger partial charge in [-0.3, -0.25) is 4.68 Å². The molecule has 0 aromatic carbocycles. The number of nitrogens with two attached hydrogens (primary N) is 1. The molecule has 0 bridgehead atoms. The van der Waals surface area contributed by atoms with E-state index in [9.17, 15) is 4.79 Å². The van der Waals surface area contributed by atoms with E-state index in [1.807, 2.05) is 40.9 Å². The van der Waals surface area contributed by atoms with Crippen molar-refractivity contribution in [2.75, 3.05) is 13.1 Å². The van der Waals surface area contributed by atoms with Gasteiger partial charge in [0.25, 0.3) is 0 Å². The number of amides is 1. The molecular weight excluding hydrogens is 244 g/mol. The van der Waals surface area contributed by atoms with E-state index in [1.54, 1.807) is 4.68 Å². The number of hydrogen-bond donors (Lipinski definition) is 2. The Morgan fingerprint density at radius 1 is 1.58 bits per heavy atom. The van der Waals surface area contributed by atoms with Gasteiger partial charge in [-0.15, -0.1) is 0 Å². The molecule has 0 spiro atoms. The lowest BCUT2D eigenvalue weighted by Gasteiger charge is -2.21. The largest absolute Gasteiger partial charge is 0.444 e. The highest BCUT2D eigenvalue weighted by molar-refractivity contribution is 5.67. The van der Waals surface area contributed by atoms with Gasteiger partial charge in [-0.2, -0.15) is 5.10 Å². The third-order valence-corrected chi connectivity index (χ3v) is 2.61. The number of alkyl carbamates (subject to hydrolysis) is 1. The predicted molar refractivity (Wildman–Crippen MR) is 74.0 cm³/mol. The molecule has 1 heterocycles. The van der Waals surface area contributed by atoms with Crippen LogP contribution in [0.3, 0.4) is 0 Å². The monoisotopic (exact) mass is 268 g/mol. The number of aromatic nitrogens is 2. The van der Waals surface area contributed by atoms with Gasteiger partial charge >= 0.3 is 6.09 Å². The summed E-state index contributed by atoms with van der Waals surface area (Å²) in [6.07, 6.45) is 1.50. The number of aryl methyl sites for hydroxylation is 2. The lowest BCUT2D eigenvalue weighted by Crippen LogP contribution is -2.36. The quantitative estimate of drug-likeness (QED) is 0.862. The zero-order valence-electron chi connectivity index (χ0n) is 12.4. The standard InChI is InChI=1S/C13H24N4O2/c1-9-8-17(5)16-11(9)10(6-14)7-15-12(18)19-13(2,3)4/h8,10H,6-7,14H2,1-5H3,(H,15,18). The summed E-state index contributed by atoms with van der Waals surface area (Å²) in [5.74, 6) is -0.00582. The van der Waals surface area contributed by atoms with Crippen molar-refractivity contribution in [1.82, 2.24) is 15.1 Å². The molecule has 0 aliphatic carbocycles. The Morgan fingerprint density at radius 3 is 2.63 bits per heavy atom. The molecule has 19 heavy (non-hydrogen) atoms. The number of hydrogen-bond acceptors (Lipinski definition) is 4. The molecule has 0 saturated heterocycles. The smallest absolute Gasteiger partial charge is 0.407 e. The topological polar surface area (TPSA) is 82.2 Å².